The molecule has 0 spiro atoms. The van der Waals surface area contributed by atoms with E-state index in [1.165, 1.54) is 5.57 Å². The van der Waals surface area contributed by atoms with E-state index in [9.17, 15) is 0 Å². The van der Waals surface area contributed by atoms with E-state index in [1.807, 2.05) is 36.7 Å². The number of fused-ring (bicyclic) bond motifs is 2. The monoisotopic (exact) mass is 384 g/mol. The summed E-state index contributed by atoms with van der Waals surface area (Å²) in [6.45, 7) is 0. The van der Waals surface area contributed by atoms with Gasteiger partial charge in [-0.2, -0.15) is 0 Å². The van der Waals surface area contributed by atoms with Crippen molar-refractivity contribution in [1.82, 2.24) is 20.3 Å². The third kappa shape index (κ3) is 2.68. The van der Waals surface area contributed by atoms with E-state index in [4.69, 9.17) is 28.2 Å². The number of hydrogen-bond donors (Lipinski definition) is 2. The van der Waals surface area contributed by atoms with Gasteiger partial charge in [-0.15, -0.1) is 11.6 Å². The minimum absolute atomic E-state index is 0.235. The first kappa shape index (κ1) is 16.2. The molecule has 1 fully saturated rings. The first-order valence-electron chi connectivity index (χ1n) is 8.89. The van der Waals surface area contributed by atoms with Gasteiger partial charge in [-0.05, 0) is 43.5 Å². The summed E-state index contributed by atoms with van der Waals surface area (Å²) in [5.74, 6) is 1.17. The van der Waals surface area contributed by atoms with Crippen molar-refractivity contribution in [3.8, 4) is 11.3 Å². The molecular weight excluding hydrogens is 367 g/mol. The number of halogens is 2. The molecule has 132 valence electrons. The molecule has 6 heteroatoms. The molecule has 26 heavy (non-hydrogen) atoms. The molecular formula is C20H18Cl2N4. The van der Waals surface area contributed by atoms with Crippen LogP contribution in [0, 0.1) is 5.92 Å². The Morgan fingerprint density at radius 1 is 1.15 bits per heavy atom. The van der Waals surface area contributed by atoms with E-state index in [0.717, 1.165) is 47.2 Å². The Kier molecular flexibility index (Phi) is 3.91. The van der Waals surface area contributed by atoms with Crippen molar-refractivity contribution in [1.29, 1.82) is 0 Å². The Hall–Kier alpha value is -2.04. The molecule has 1 aliphatic heterocycles. The Morgan fingerprint density at radius 3 is 3.00 bits per heavy atom. The van der Waals surface area contributed by atoms with Crippen LogP contribution in [0.3, 0.4) is 0 Å². The van der Waals surface area contributed by atoms with Crippen molar-refractivity contribution in [2.75, 3.05) is 0 Å². The largest absolute Gasteiger partial charge is 0.387 e. The van der Waals surface area contributed by atoms with E-state index in [1.54, 1.807) is 0 Å². The van der Waals surface area contributed by atoms with Gasteiger partial charge in [0.25, 0.3) is 0 Å². The number of aromatic amines is 1. The van der Waals surface area contributed by atoms with Crippen LogP contribution in [0.25, 0.3) is 27.7 Å². The zero-order valence-electron chi connectivity index (χ0n) is 14.0. The van der Waals surface area contributed by atoms with E-state index in [-0.39, 0.29) is 5.38 Å². The summed E-state index contributed by atoms with van der Waals surface area (Å²) in [7, 11) is 0. The van der Waals surface area contributed by atoms with E-state index in [0.29, 0.717) is 17.0 Å². The summed E-state index contributed by atoms with van der Waals surface area (Å²) in [6, 6.07) is 8.24. The van der Waals surface area contributed by atoms with Crippen LogP contribution in [0.5, 0.6) is 0 Å². The van der Waals surface area contributed by atoms with Gasteiger partial charge in [0.05, 0.1) is 5.69 Å². The lowest BCUT2D eigenvalue weighted by molar-refractivity contribution is 0.361. The Labute approximate surface area is 161 Å². The van der Waals surface area contributed by atoms with E-state index in [2.05, 4.69) is 21.5 Å². The number of nitrogens with zero attached hydrogens (tertiary/aromatic N) is 2. The van der Waals surface area contributed by atoms with Gasteiger partial charge in [0.15, 0.2) is 5.82 Å². The summed E-state index contributed by atoms with van der Waals surface area (Å²) in [5, 5.41) is 5.51. The van der Waals surface area contributed by atoms with Crippen molar-refractivity contribution in [3.05, 3.63) is 53.7 Å². The quantitative estimate of drug-likeness (QED) is 0.611. The van der Waals surface area contributed by atoms with Gasteiger partial charge in [0, 0.05) is 63.0 Å². The second-order valence-electron chi connectivity index (χ2n) is 7.05. The molecule has 4 nitrogen and oxygen atoms in total. The highest BCUT2D eigenvalue weighted by Crippen LogP contribution is 2.40. The second-order valence-corrected chi connectivity index (χ2v) is 8.10. The number of alkyl halides is 1. The van der Waals surface area contributed by atoms with Crippen LogP contribution in [0.2, 0.25) is 5.02 Å². The van der Waals surface area contributed by atoms with Crippen LogP contribution in [0.1, 0.15) is 25.1 Å². The summed E-state index contributed by atoms with van der Waals surface area (Å²) >= 11 is 12.6. The molecule has 1 aliphatic carbocycles. The van der Waals surface area contributed by atoms with Crippen LogP contribution < -0.4 is 5.32 Å². The normalized spacial score (nSPS) is 25.0. The van der Waals surface area contributed by atoms with Crippen LogP contribution in [0.4, 0.5) is 0 Å². The molecule has 3 heterocycles. The van der Waals surface area contributed by atoms with Crippen molar-refractivity contribution >= 4 is 39.7 Å². The molecule has 3 atom stereocenters. The van der Waals surface area contributed by atoms with Gasteiger partial charge < -0.3 is 10.3 Å². The second kappa shape index (κ2) is 6.29. The minimum Gasteiger partial charge on any atom is -0.387 e. The Balaban J connectivity index is 1.54. The molecule has 5 rings (SSSR count). The highest BCUT2D eigenvalue weighted by atomic mass is 35.5. The Bertz CT molecular complexity index is 1010. The molecule has 0 amide bonds. The molecule has 0 bridgehead atoms. The maximum atomic E-state index is 6.42. The number of nitrogens with one attached hydrogen (secondary N) is 2. The molecule has 2 N–H and O–H groups in total. The van der Waals surface area contributed by atoms with Crippen molar-refractivity contribution < 1.29 is 0 Å². The molecule has 2 unspecified atom stereocenters. The highest BCUT2D eigenvalue weighted by molar-refractivity contribution is 6.31. The lowest BCUT2D eigenvalue weighted by Crippen LogP contribution is -2.34. The summed E-state index contributed by atoms with van der Waals surface area (Å²) < 4.78 is 0. The van der Waals surface area contributed by atoms with Gasteiger partial charge >= 0.3 is 0 Å². The minimum atomic E-state index is 0.235. The van der Waals surface area contributed by atoms with Crippen LogP contribution in [0.15, 0.2) is 42.9 Å². The maximum absolute atomic E-state index is 6.42. The standard InChI is InChI=1S/C20H18Cl2N4/c21-11-1-3-17-13(7-11)15(9-24-17)19-5-6-23-20(26-19)16-10-25-18-4-2-12(22)8-14(16)18/h1,3,5-7,9-10,12,14,18,24-25H,2,4,8H2/t12?,14?,18-/m0/s1. The lowest BCUT2D eigenvalue weighted by Gasteiger charge is -2.30. The topological polar surface area (TPSA) is 53.6 Å². The van der Waals surface area contributed by atoms with Crippen LogP contribution in [-0.2, 0) is 0 Å². The zero-order valence-corrected chi connectivity index (χ0v) is 15.6. The SMILES string of the molecule is Clc1ccc2[nH]cc(-c3ccnc(C4=CN[C@H]5CCC(Cl)CC45)n3)c2c1. The molecule has 0 saturated heterocycles. The van der Waals surface area contributed by atoms with Gasteiger partial charge in [-0.3, -0.25) is 0 Å². The van der Waals surface area contributed by atoms with E-state index >= 15 is 0 Å². The van der Waals surface area contributed by atoms with Crippen molar-refractivity contribution in [2.24, 2.45) is 5.92 Å². The maximum Gasteiger partial charge on any atom is 0.157 e. The predicted molar refractivity (Wildman–Crippen MR) is 106 cm³/mol. The molecule has 1 saturated carbocycles. The highest BCUT2D eigenvalue weighted by Gasteiger charge is 2.36. The average Bonchev–Trinajstić information content (AvgIpc) is 3.25. The molecule has 1 aromatic carbocycles. The van der Waals surface area contributed by atoms with Gasteiger partial charge in [0.1, 0.15) is 0 Å². The first-order valence-corrected chi connectivity index (χ1v) is 9.71. The number of hydrogen-bond acceptors (Lipinski definition) is 3. The fourth-order valence-corrected chi connectivity index (χ4v) is 4.64. The Morgan fingerprint density at radius 2 is 2.08 bits per heavy atom. The summed E-state index contributed by atoms with van der Waals surface area (Å²) in [5.41, 5.74) is 4.14. The van der Waals surface area contributed by atoms with Crippen LogP contribution in [-0.4, -0.2) is 26.4 Å². The third-order valence-electron chi connectivity index (χ3n) is 5.47. The van der Waals surface area contributed by atoms with Crippen LogP contribution >= 0.6 is 23.2 Å². The fourth-order valence-electron chi connectivity index (χ4n) is 4.15. The average molecular weight is 385 g/mol. The molecule has 2 aliphatic rings. The van der Waals surface area contributed by atoms with Crippen molar-refractivity contribution in [2.45, 2.75) is 30.7 Å². The lowest BCUT2D eigenvalue weighted by atomic mass is 9.81. The third-order valence-corrected chi connectivity index (χ3v) is 6.10. The number of H-pyrrole nitrogens is 1. The van der Waals surface area contributed by atoms with Gasteiger partial charge in [-0.1, -0.05) is 11.6 Å². The van der Waals surface area contributed by atoms with E-state index < -0.39 is 0 Å². The van der Waals surface area contributed by atoms with Crippen molar-refractivity contribution in [3.63, 3.8) is 0 Å². The molecule has 0 radical (unpaired) electrons. The van der Waals surface area contributed by atoms with Gasteiger partial charge in [0.2, 0.25) is 0 Å². The number of benzene rings is 1. The molecule has 3 aromatic rings. The first-order chi connectivity index (χ1) is 12.7. The smallest absolute Gasteiger partial charge is 0.157 e. The zero-order chi connectivity index (χ0) is 17.7. The van der Waals surface area contributed by atoms with Gasteiger partial charge in [-0.25, -0.2) is 9.97 Å². The number of aromatic nitrogens is 3. The summed E-state index contributed by atoms with van der Waals surface area (Å²) in [4.78, 5) is 12.7. The fraction of sp³-hybridized carbons (Fsp3) is 0.300. The number of rotatable bonds is 2. The summed E-state index contributed by atoms with van der Waals surface area (Å²) in [6.07, 6.45) is 9.02. The molecule has 2 aromatic heterocycles. The predicted octanol–water partition coefficient (Wildman–Crippen LogP) is 5.00.